The van der Waals surface area contributed by atoms with Crippen LogP contribution < -0.4 is 4.72 Å². The number of nitrogens with zero attached hydrogens (tertiary/aromatic N) is 1. The number of rotatable bonds is 4. The number of halogens is 3. The van der Waals surface area contributed by atoms with Gasteiger partial charge in [0.25, 0.3) is 0 Å². The molecule has 0 saturated carbocycles. The number of aromatic nitrogens is 1. The Bertz CT molecular complexity index is 1050. The standard InChI is InChI=1S/C18H15F3N2O2S/c1-12-9-14-3-2-4-16(17(14)22-10-12)26(24,25)23-11-13-5-7-15(8-6-13)18(19,20)21/h2-10,23H,11H2,1H3. The van der Waals surface area contributed by atoms with Crippen LogP contribution in [0, 0.1) is 6.92 Å². The summed E-state index contributed by atoms with van der Waals surface area (Å²) in [7, 11) is -3.87. The van der Waals surface area contributed by atoms with Crippen molar-refractivity contribution >= 4 is 20.9 Å². The van der Waals surface area contributed by atoms with Crippen LogP contribution in [0.1, 0.15) is 16.7 Å². The molecule has 0 fully saturated rings. The summed E-state index contributed by atoms with van der Waals surface area (Å²) < 4.78 is 65.3. The number of sulfonamides is 1. The van der Waals surface area contributed by atoms with Crippen LogP contribution in [-0.2, 0) is 22.7 Å². The fourth-order valence-electron chi connectivity index (χ4n) is 2.53. The number of alkyl halides is 3. The van der Waals surface area contributed by atoms with Gasteiger partial charge in [0.2, 0.25) is 10.0 Å². The second-order valence-electron chi connectivity index (χ2n) is 5.86. The fraction of sp³-hybridized carbons (Fsp3) is 0.167. The van der Waals surface area contributed by atoms with Crippen LogP contribution in [0.2, 0.25) is 0 Å². The Hall–Kier alpha value is -2.45. The van der Waals surface area contributed by atoms with E-state index in [2.05, 4.69) is 9.71 Å². The molecule has 1 heterocycles. The lowest BCUT2D eigenvalue weighted by atomic mass is 10.1. The minimum atomic E-state index is -4.43. The number of para-hydroxylation sites is 1. The molecular formula is C18H15F3N2O2S. The molecule has 1 N–H and O–H groups in total. The van der Waals surface area contributed by atoms with Crippen molar-refractivity contribution in [2.45, 2.75) is 24.5 Å². The van der Waals surface area contributed by atoms with Crippen molar-refractivity contribution in [2.75, 3.05) is 0 Å². The summed E-state index contributed by atoms with van der Waals surface area (Å²) in [4.78, 5) is 4.23. The first-order valence-electron chi connectivity index (χ1n) is 7.68. The maximum absolute atomic E-state index is 12.6. The Morgan fingerprint density at radius 1 is 1.08 bits per heavy atom. The fourth-order valence-corrected chi connectivity index (χ4v) is 3.72. The lowest BCUT2D eigenvalue weighted by molar-refractivity contribution is -0.137. The topological polar surface area (TPSA) is 59.1 Å². The summed E-state index contributed by atoms with van der Waals surface area (Å²) in [5, 5.41) is 0.697. The number of hydrogen-bond acceptors (Lipinski definition) is 3. The van der Waals surface area contributed by atoms with Crippen molar-refractivity contribution in [3.05, 3.63) is 71.4 Å². The number of hydrogen-bond donors (Lipinski definition) is 1. The maximum atomic E-state index is 12.6. The monoisotopic (exact) mass is 380 g/mol. The van der Waals surface area contributed by atoms with Gasteiger partial charge in [-0.3, -0.25) is 4.98 Å². The molecule has 0 aliphatic heterocycles. The van der Waals surface area contributed by atoms with Gasteiger partial charge in [0.15, 0.2) is 0 Å². The summed E-state index contributed by atoms with van der Waals surface area (Å²) in [5.41, 5.74) is 0.895. The zero-order chi connectivity index (χ0) is 18.9. The first-order chi connectivity index (χ1) is 12.2. The molecule has 4 nitrogen and oxygen atoms in total. The number of fused-ring (bicyclic) bond motifs is 1. The molecule has 0 saturated heterocycles. The summed E-state index contributed by atoms with van der Waals surface area (Å²) in [6, 6.07) is 11.0. The molecule has 8 heteroatoms. The summed E-state index contributed by atoms with van der Waals surface area (Å²) in [6.45, 7) is 1.74. The van der Waals surface area contributed by atoms with Gasteiger partial charge in [0.05, 0.1) is 11.1 Å². The molecule has 26 heavy (non-hydrogen) atoms. The van der Waals surface area contributed by atoms with Gasteiger partial charge in [-0.2, -0.15) is 13.2 Å². The Kier molecular flexibility index (Phi) is 4.72. The molecule has 0 amide bonds. The normalized spacial score (nSPS) is 12.5. The van der Waals surface area contributed by atoms with Crippen LogP contribution in [-0.4, -0.2) is 13.4 Å². The predicted molar refractivity (Wildman–Crippen MR) is 91.9 cm³/mol. The molecule has 2 aromatic carbocycles. The smallest absolute Gasteiger partial charge is 0.255 e. The van der Waals surface area contributed by atoms with Crippen LogP contribution >= 0.6 is 0 Å². The molecule has 0 aliphatic carbocycles. The Labute approximate surface area is 148 Å². The molecule has 0 spiro atoms. The van der Waals surface area contributed by atoms with Gasteiger partial charge >= 0.3 is 6.18 Å². The molecule has 0 atom stereocenters. The molecule has 0 aliphatic rings. The quantitative estimate of drug-likeness (QED) is 0.743. The lowest BCUT2D eigenvalue weighted by Crippen LogP contribution is -2.23. The van der Waals surface area contributed by atoms with Crippen molar-refractivity contribution in [2.24, 2.45) is 0 Å². The van der Waals surface area contributed by atoms with E-state index in [9.17, 15) is 21.6 Å². The molecule has 0 radical (unpaired) electrons. The number of pyridine rings is 1. The highest BCUT2D eigenvalue weighted by Gasteiger charge is 2.30. The Morgan fingerprint density at radius 2 is 1.77 bits per heavy atom. The van der Waals surface area contributed by atoms with E-state index in [0.717, 1.165) is 17.7 Å². The average molecular weight is 380 g/mol. The van der Waals surface area contributed by atoms with Crippen molar-refractivity contribution in [3.8, 4) is 0 Å². The van der Waals surface area contributed by atoms with Crippen LogP contribution in [0.5, 0.6) is 0 Å². The highest BCUT2D eigenvalue weighted by Crippen LogP contribution is 2.29. The summed E-state index contributed by atoms with van der Waals surface area (Å²) in [6.07, 6.45) is -2.85. The van der Waals surface area contributed by atoms with Gasteiger partial charge in [-0.25, -0.2) is 13.1 Å². The summed E-state index contributed by atoms with van der Waals surface area (Å²) >= 11 is 0. The molecule has 3 aromatic rings. The van der Waals surface area contributed by atoms with E-state index in [1.54, 1.807) is 18.3 Å². The molecule has 3 rings (SSSR count). The lowest BCUT2D eigenvalue weighted by Gasteiger charge is -2.10. The Morgan fingerprint density at radius 3 is 2.42 bits per heavy atom. The third-order valence-electron chi connectivity index (χ3n) is 3.85. The van der Waals surface area contributed by atoms with Gasteiger partial charge in [-0.15, -0.1) is 0 Å². The minimum absolute atomic E-state index is 0.0295. The van der Waals surface area contributed by atoms with E-state index in [1.165, 1.54) is 18.2 Å². The highest BCUT2D eigenvalue weighted by molar-refractivity contribution is 7.89. The highest BCUT2D eigenvalue weighted by atomic mass is 32.2. The maximum Gasteiger partial charge on any atom is 0.416 e. The van der Waals surface area contributed by atoms with E-state index in [-0.39, 0.29) is 11.4 Å². The summed E-state index contributed by atoms with van der Waals surface area (Å²) in [5.74, 6) is 0. The molecule has 0 unspecified atom stereocenters. The molecular weight excluding hydrogens is 365 g/mol. The van der Waals surface area contributed by atoms with Crippen LogP contribution in [0.3, 0.4) is 0 Å². The van der Waals surface area contributed by atoms with Gasteiger partial charge in [-0.1, -0.05) is 24.3 Å². The SMILES string of the molecule is Cc1cnc2c(S(=O)(=O)NCc3ccc(C(F)(F)F)cc3)cccc2c1. The van der Waals surface area contributed by atoms with Crippen molar-refractivity contribution < 1.29 is 21.6 Å². The van der Waals surface area contributed by atoms with E-state index in [0.29, 0.717) is 16.5 Å². The minimum Gasteiger partial charge on any atom is -0.255 e. The van der Waals surface area contributed by atoms with Crippen molar-refractivity contribution in [1.29, 1.82) is 0 Å². The van der Waals surface area contributed by atoms with Crippen LogP contribution in [0.25, 0.3) is 10.9 Å². The van der Waals surface area contributed by atoms with E-state index in [4.69, 9.17) is 0 Å². The zero-order valence-electron chi connectivity index (χ0n) is 13.7. The number of aryl methyl sites for hydroxylation is 1. The third-order valence-corrected chi connectivity index (χ3v) is 5.28. The van der Waals surface area contributed by atoms with Gasteiger partial charge in [0, 0.05) is 18.1 Å². The molecule has 0 bridgehead atoms. The van der Waals surface area contributed by atoms with Crippen LogP contribution in [0.4, 0.5) is 13.2 Å². The van der Waals surface area contributed by atoms with Gasteiger partial charge in [0.1, 0.15) is 4.90 Å². The van der Waals surface area contributed by atoms with Crippen molar-refractivity contribution in [1.82, 2.24) is 9.71 Å². The van der Waals surface area contributed by atoms with E-state index >= 15 is 0 Å². The first kappa shape index (κ1) is 18.3. The Balaban J connectivity index is 1.84. The number of nitrogens with one attached hydrogen (secondary N) is 1. The van der Waals surface area contributed by atoms with Crippen LogP contribution in [0.15, 0.2) is 59.6 Å². The van der Waals surface area contributed by atoms with Gasteiger partial charge < -0.3 is 0 Å². The second kappa shape index (κ2) is 6.69. The zero-order valence-corrected chi connectivity index (χ0v) is 14.5. The predicted octanol–water partition coefficient (Wildman–Crippen LogP) is 4.04. The average Bonchev–Trinajstić information content (AvgIpc) is 2.59. The first-order valence-corrected chi connectivity index (χ1v) is 9.16. The largest absolute Gasteiger partial charge is 0.416 e. The third kappa shape index (κ3) is 3.86. The van der Waals surface area contributed by atoms with E-state index in [1.807, 2.05) is 13.0 Å². The van der Waals surface area contributed by atoms with Gasteiger partial charge in [-0.05, 0) is 42.3 Å². The van der Waals surface area contributed by atoms with Crippen molar-refractivity contribution in [3.63, 3.8) is 0 Å². The van der Waals surface area contributed by atoms with E-state index < -0.39 is 21.8 Å². The molecule has 1 aromatic heterocycles. The second-order valence-corrected chi connectivity index (χ2v) is 7.60. The number of benzene rings is 2. The molecule has 136 valence electrons.